The molecular formula is C16H20N4. The normalized spacial score (nSPS) is 20.9. The van der Waals surface area contributed by atoms with Gasteiger partial charge in [-0.05, 0) is 24.5 Å². The van der Waals surface area contributed by atoms with E-state index in [0.29, 0.717) is 5.92 Å². The van der Waals surface area contributed by atoms with Crippen molar-refractivity contribution < 1.29 is 0 Å². The molecule has 0 saturated carbocycles. The first-order valence-corrected chi connectivity index (χ1v) is 7.65. The zero-order valence-electron chi connectivity index (χ0n) is 11.7. The second-order valence-corrected chi connectivity index (χ2v) is 5.86. The lowest BCUT2D eigenvalue weighted by molar-refractivity contribution is 0.586. The Morgan fingerprint density at radius 1 is 1.15 bits per heavy atom. The number of para-hydroxylation sites is 1. The maximum absolute atomic E-state index is 4.46. The van der Waals surface area contributed by atoms with Gasteiger partial charge in [0.1, 0.15) is 11.6 Å². The Kier molecular flexibility index (Phi) is 2.94. The molecular weight excluding hydrogens is 248 g/mol. The Bertz CT molecular complexity index is 617. The smallest absolute Gasteiger partial charge is 0.133 e. The summed E-state index contributed by atoms with van der Waals surface area (Å²) in [5, 5.41) is 12.4. The molecule has 3 heterocycles. The molecule has 4 heteroatoms. The Hall–Kier alpha value is -1.84. The van der Waals surface area contributed by atoms with E-state index in [4.69, 9.17) is 0 Å². The van der Waals surface area contributed by atoms with Gasteiger partial charge in [-0.2, -0.15) is 0 Å². The van der Waals surface area contributed by atoms with Gasteiger partial charge >= 0.3 is 0 Å². The summed E-state index contributed by atoms with van der Waals surface area (Å²) < 4.78 is 2.37. The van der Waals surface area contributed by atoms with Crippen molar-refractivity contribution in [2.24, 2.45) is 0 Å². The minimum absolute atomic E-state index is 0.530. The lowest BCUT2D eigenvalue weighted by atomic mass is 9.97. The molecule has 0 saturated heterocycles. The molecule has 2 aromatic rings. The van der Waals surface area contributed by atoms with Crippen LogP contribution in [0, 0.1) is 0 Å². The topological polar surface area (TPSA) is 42.7 Å². The second-order valence-electron chi connectivity index (χ2n) is 5.86. The van der Waals surface area contributed by atoms with Crippen molar-refractivity contribution in [3.05, 3.63) is 41.5 Å². The molecule has 0 radical (unpaired) electrons. The van der Waals surface area contributed by atoms with Crippen LogP contribution < -0.4 is 5.32 Å². The van der Waals surface area contributed by atoms with E-state index in [2.05, 4.69) is 44.3 Å². The molecule has 0 bridgehead atoms. The lowest BCUT2D eigenvalue weighted by Gasteiger charge is -2.11. The van der Waals surface area contributed by atoms with Crippen LogP contribution in [0.4, 0.5) is 5.69 Å². The summed E-state index contributed by atoms with van der Waals surface area (Å²) in [6.07, 6.45) is 5.92. The van der Waals surface area contributed by atoms with E-state index < -0.39 is 0 Å². The number of hydrogen-bond acceptors (Lipinski definition) is 3. The minimum Gasteiger partial charge on any atom is -0.384 e. The van der Waals surface area contributed by atoms with E-state index in [0.717, 1.165) is 25.9 Å². The maximum atomic E-state index is 4.46. The standard InChI is InChI=1S/C16H20N4/c1-2-8-15-18-19-16(20(15)9-5-1)10-12-11-17-14-7-4-3-6-13(12)14/h3-4,6-7,12,17H,1-2,5,8-11H2. The van der Waals surface area contributed by atoms with Crippen molar-refractivity contribution in [3.63, 3.8) is 0 Å². The summed E-state index contributed by atoms with van der Waals surface area (Å²) in [6.45, 7) is 2.11. The zero-order chi connectivity index (χ0) is 13.4. The number of anilines is 1. The quantitative estimate of drug-likeness (QED) is 0.910. The average Bonchev–Trinajstić information content (AvgIpc) is 2.97. The highest BCUT2D eigenvalue weighted by Gasteiger charge is 2.25. The maximum Gasteiger partial charge on any atom is 0.133 e. The Labute approximate surface area is 119 Å². The molecule has 1 aromatic heterocycles. The van der Waals surface area contributed by atoms with Crippen LogP contribution in [0.25, 0.3) is 0 Å². The molecule has 2 aliphatic heterocycles. The van der Waals surface area contributed by atoms with Gasteiger partial charge in [0.2, 0.25) is 0 Å². The summed E-state index contributed by atoms with van der Waals surface area (Å²) in [5.41, 5.74) is 2.71. The van der Waals surface area contributed by atoms with Crippen LogP contribution >= 0.6 is 0 Å². The summed E-state index contributed by atoms with van der Waals surface area (Å²) in [6, 6.07) is 8.62. The Morgan fingerprint density at radius 3 is 3.10 bits per heavy atom. The molecule has 4 nitrogen and oxygen atoms in total. The molecule has 2 aliphatic rings. The Balaban J connectivity index is 1.60. The summed E-state index contributed by atoms with van der Waals surface area (Å²) in [4.78, 5) is 0. The molecule has 0 spiro atoms. The largest absolute Gasteiger partial charge is 0.384 e. The number of fused-ring (bicyclic) bond motifs is 2. The number of nitrogens with one attached hydrogen (secondary N) is 1. The van der Waals surface area contributed by atoms with Gasteiger partial charge in [0.15, 0.2) is 0 Å². The van der Waals surface area contributed by atoms with Gasteiger partial charge in [-0.25, -0.2) is 0 Å². The average molecular weight is 268 g/mol. The van der Waals surface area contributed by atoms with E-state index in [-0.39, 0.29) is 0 Å². The molecule has 1 N–H and O–H groups in total. The van der Waals surface area contributed by atoms with Crippen LogP contribution in [0.1, 0.15) is 42.4 Å². The summed E-state index contributed by atoms with van der Waals surface area (Å²) in [7, 11) is 0. The molecule has 0 amide bonds. The van der Waals surface area contributed by atoms with E-state index in [9.17, 15) is 0 Å². The first-order chi connectivity index (χ1) is 9.92. The van der Waals surface area contributed by atoms with Gasteiger partial charge in [-0.1, -0.05) is 24.6 Å². The van der Waals surface area contributed by atoms with E-state index in [1.165, 1.54) is 42.2 Å². The van der Waals surface area contributed by atoms with Gasteiger partial charge in [-0.15, -0.1) is 10.2 Å². The third kappa shape index (κ3) is 1.99. The molecule has 4 rings (SSSR count). The molecule has 1 unspecified atom stereocenters. The number of aryl methyl sites for hydroxylation is 1. The van der Waals surface area contributed by atoms with Crippen molar-refractivity contribution in [1.82, 2.24) is 14.8 Å². The van der Waals surface area contributed by atoms with Crippen molar-refractivity contribution >= 4 is 5.69 Å². The number of rotatable bonds is 2. The van der Waals surface area contributed by atoms with E-state index in [1.54, 1.807) is 0 Å². The third-order valence-electron chi connectivity index (χ3n) is 4.55. The third-order valence-corrected chi connectivity index (χ3v) is 4.55. The molecule has 20 heavy (non-hydrogen) atoms. The minimum atomic E-state index is 0.530. The number of aromatic nitrogens is 3. The lowest BCUT2D eigenvalue weighted by Crippen LogP contribution is -2.12. The highest BCUT2D eigenvalue weighted by Crippen LogP contribution is 2.33. The van der Waals surface area contributed by atoms with Crippen LogP contribution in [-0.4, -0.2) is 21.3 Å². The summed E-state index contributed by atoms with van der Waals surface area (Å²) >= 11 is 0. The van der Waals surface area contributed by atoms with E-state index >= 15 is 0 Å². The van der Waals surface area contributed by atoms with Crippen molar-refractivity contribution in [2.75, 3.05) is 11.9 Å². The van der Waals surface area contributed by atoms with Crippen LogP contribution in [0.2, 0.25) is 0 Å². The van der Waals surface area contributed by atoms with Crippen LogP contribution in [0.15, 0.2) is 24.3 Å². The van der Waals surface area contributed by atoms with Gasteiger partial charge in [0, 0.05) is 37.5 Å². The van der Waals surface area contributed by atoms with Crippen LogP contribution in [-0.2, 0) is 19.4 Å². The fourth-order valence-corrected chi connectivity index (χ4v) is 3.46. The SMILES string of the molecule is c1ccc2c(c1)NCC2Cc1nnc2n1CCCCC2. The van der Waals surface area contributed by atoms with Crippen molar-refractivity contribution in [3.8, 4) is 0 Å². The predicted molar refractivity (Wildman–Crippen MR) is 79.0 cm³/mol. The molecule has 1 atom stereocenters. The van der Waals surface area contributed by atoms with Gasteiger partial charge in [0.25, 0.3) is 0 Å². The highest BCUT2D eigenvalue weighted by atomic mass is 15.3. The highest BCUT2D eigenvalue weighted by molar-refractivity contribution is 5.57. The van der Waals surface area contributed by atoms with Crippen molar-refractivity contribution in [2.45, 2.75) is 44.6 Å². The fourth-order valence-electron chi connectivity index (χ4n) is 3.46. The van der Waals surface area contributed by atoms with Crippen molar-refractivity contribution in [1.29, 1.82) is 0 Å². The van der Waals surface area contributed by atoms with Crippen LogP contribution in [0.5, 0.6) is 0 Å². The van der Waals surface area contributed by atoms with Gasteiger partial charge in [0.05, 0.1) is 0 Å². The first kappa shape index (κ1) is 11.9. The van der Waals surface area contributed by atoms with Gasteiger partial charge < -0.3 is 9.88 Å². The fraction of sp³-hybridized carbons (Fsp3) is 0.500. The molecule has 0 aliphatic carbocycles. The predicted octanol–water partition coefficient (Wildman–Crippen LogP) is 2.76. The zero-order valence-corrected chi connectivity index (χ0v) is 11.7. The Morgan fingerprint density at radius 2 is 2.10 bits per heavy atom. The second kappa shape index (κ2) is 4.93. The van der Waals surface area contributed by atoms with Crippen LogP contribution in [0.3, 0.4) is 0 Å². The number of benzene rings is 1. The molecule has 0 fully saturated rings. The summed E-state index contributed by atoms with van der Waals surface area (Å²) in [5.74, 6) is 2.89. The molecule has 104 valence electrons. The number of hydrogen-bond donors (Lipinski definition) is 1. The number of nitrogens with zero attached hydrogens (tertiary/aromatic N) is 3. The van der Waals surface area contributed by atoms with Gasteiger partial charge in [-0.3, -0.25) is 0 Å². The molecule has 1 aromatic carbocycles. The van der Waals surface area contributed by atoms with E-state index in [1.807, 2.05) is 0 Å². The monoisotopic (exact) mass is 268 g/mol. The first-order valence-electron chi connectivity index (χ1n) is 7.65.